The van der Waals surface area contributed by atoms with E-state index in [0.29, 0.717) is 0 Å². The number of nitrogens with zero attached hydrogens (tertiary/aromatic N) is 1. The standard InChI is InChI=1S/C3H10NO9P3/c1-3(14(5,6)7)2-4(15(8,9)10)16(11,12)13/h1-2H2,(H2,5,6,7)(H2,8,9,10)(H2,11,12,13). The molecule has 0 aliphatic rings. The fourth-order valence-corrected chi connectivity index (χ4v) is 3.06. The third kappa shape index (κ3) is 4.99. The van der Waals surface area contributed by atoms with Crippen molar-refractivity contribution in [3.63, 3.8) is 0 Å². The van der Waals surface area contributed by atoms with Crippen molar-refractivity contribution in [3.8, 4) is 0 Å². The molecule has 0 bridgehead atoms. The molecule has 16 heavy (non-hydrogen) atoms. The molecule has 0 amide bonds. The van der Waals surface area contributed by atoms with Crippen LogP contribution < -0.4 is 0 Å². The van der Waals surface area contributed by atoms with Crippen LogP contribution in [0.5, 0.6) is 0 Å². The number of hydrogen-bond donors (Lipinski definition) is 6. The summed E-state index contributed by atoms with van der Waals surface area (Å²) in [5.41, 5.74) is 0. The van der Waals surface area contributed by atoms with Crippen LogP contribution in [0.3, 0.4) is 0 Å². The molecule has 0 aliphatic carbocycles. The highest BCUT2D eigenvalue weighted by Crippen LogP contribution is 2.60. The Morgan fingerprint density at radius 1 is 0.938 bits per heavy atom. The average Bonchev–Trinajstić information content (AvgIpc) is 1.92. The fraction of sp³-hybridized carbons (Fsp3) is 0.333. The summed E-state index contributed by atoms with van der Waals surface area (Å²) in [7, 11) is -15.6. The second kappa shape index (κ2) is 4.80. The summed E-state index contributed by atoms with van der Waals surface area (Å²) in [4.78, 5) is 51.4. The zero-order chi connectivity index (χ0) is 13.4. The van der Waals surface area contributed by atoms with Gasteiger partial charge in [0.25, 0.3) is 0 Å². The maximum Gasteiger partial charge on any atom is 0.412 e. The molecule has 0 radical (unpaired) electrons. The first kappa shape index (κ1) is 16.1. The minimum Gasteiger partial charge on any atom is -0.321 e. The third-order valence-corrected chi connectivity index (χ3v) is 5.19. The summed E-state index contributed by atoms with van der Waals surface area (Å²) in [5.74, 6) is 0. The monoisotopic (exact) mass is 297 g/mol. The van der Waals surface area contributed by atoms with E-state index in [1.165, 1.54) is 0 Å². The van der Waals surface area contributed by atoms with Gasteiger partial charge in [0.1, 0.15) is 0 Å². The van der Waals surface area contributed by atoms with Crippen molar-refractivity contribution in [1.29, 1.82) is 0 Å². The molecule has 13 heteroatoms. The van der Waals surface area contributed by atoms with Gasteiger partial charge in [0.15, 0.2) is 0 Å². The Morgan fingerprint density at radius 3 is 1.44 bits per heavy atom. The van der Waals surface area contributed by atoms with Gasteiger partial charge in [-0.2, -0.15) is 0 Å². The van der Waals surface area contributed by atoms with Crippen LogP contribution in [0, 0.1) is 0 Å². The first-order valence-corrected chi connectivity index (χ1v) is 8.14. The molecular formula is C3H10NO9P3. The first-order chi connectivity index (χ1) is 6.76. The minimum absolute atomic E-state index is 0.637. The lowest BCUT2D eigenvalue weighted by atomic mass is 10.6. The molecule has 0 atom stereocenters. The van der Waals surface area contributed by atoms with E-state index in [4.69, 9.17) is 29.4 Å². The van der Waals surface area contributed by atoms with Gasteiger partial charge in [-0.15, -0.1) is 4.44 Å². The zero-order valence-corrected chi connectivity index (χ0v) is 10.3. The van der Waals surface area contributed by atoms with E-state index in [2.05, 4.69) is 6.58 Å². The van der Waals surface area contributed by atoms with Crippen molar-refractivity contribution in [2.75, 3.05) is 6.54 Å². The second-order valence-electron chi connectivity index (χ2n) is 2.67. The highest BCUT2D eigenvalue weighted by Gasteiger charge is 2.41. The Hall–Kier alpha value is 0.150. The highest BCUT2D eigenvalue weighted by atomic mass is 31.3. The van der Waals surface area contributed by atoms with E-state index < -0.39 is 39.4 Å². The summed E-state index contributed by atoms with van der Waals surface area (Å²) in [6.07, 6.45) is 0. The predicted octanol–water partition coefficient (Wildman–Crippen LogP) is -0.835. The molecule has 0 saturated heterocycles. The van der Waals surface area contributed by atoms with Gasteiger partial charge >= 0.3 is 23.1 Å². The lowest BCUT2D eigenvalue weighted by molar-refractivity contribution is 0.275. The van der Waals surface area contributed by atoms with E-state index >= 15 is 0 Å². The highest BCUT2D eigenvalue weighted by molar-refractivity contribution is 7.65. The maximum absolute atomic E-state index is 10.7. The van der Waals surface area contributed by atoms with Crippen LogP contribution >= 0.6 is 23.1 Å². The van der Waals surface area contributed by atoms with Gasteiger partial charge in [-0.05, 0) is 0 Å². The predicted molar refractivity (Wildman–Crippen MR) is 52.0 cm³/mol. The van der Waals surface area contributed by atoms with Gasteiger partial charge in [-0.25, -0.2) is 9.13 Å². The summed E-state index contributed by atoms with van der Waals surface area (Å²) in [6.45, 7) is 1.48. The molecule has 0 aliphatic heterocycles. The second-order valence-corrected chi connectivity index (χ2v) is 7.72. The summed E-state index contributed by atoms with van der Waals surface area (Å²) in [5, 5.41) is -1.01. The molecule has 0 aromatic rings. The lowest BCUT2D eigenvalue weighted by Gasteiger charge is -2.24. The van der Waals surface area contributed by atoms with Gasteiger partial charge in [0, 0.05) is 5.31 Å². The molecule has 0 rings (SSSR count). The summed E-state index contributed by atoms with van der Waals surface area (Å²) < 4.78 is 31.3. The number of hydrogen-bond acceptors (Lipinski definition) is 3. The quantitative estimate of drug-likeness (QED) is 0.351. The van der Waals surface area contributed by atoms with Gasteiger partial charge in [0.05, 0.1) is 6.54 Å². The Bertz CT molecular complexity index is 390. The normalized spacial score (nSPS) is 14.2. The van der Waals surface area contributed by atoms with Crippen LogP contribution in [-0.2, 0) is 13.7 Å². The van der Waals surface area contributed by atoms with Crippen LogP contribution in [0.2, 0.25) is 0 Å². The molecule has 0 fully saturated rings. The van der Waals surface area contributed by atoms with Crippen LogP contribution in [0.15, 0.2) is 11.9 Å². The van der Waals surface area contributed by atoms with E-state index in [9.17, 15) is 13.7 Å². The van der Waals surface area contributed by atoms with Crippen molar-refractivity contribution < 1.29 is 43.1 Å². The van der Waals surface area contributed by atoms with Gasteiger partial charge in [-0.1, -0.05) is 6.58 Å². The molecule has 0 aromatic carbocycles. The van der Waals surface area contributed by atoms with Crippen LogP contribution in [0.25, 0.3) is 0 Å². The molecule has 6 N–H and O–H groups in total. The fourth-order valence-electron chi connectivity index (χ4n) is 0.591. The Labute approximate surface area is 89.8 Å². The SMILES string of the molecule is C=C(CN(P(=O)(O)O)P(=O)(O)O)P(=O)(O)O. The smallest absolute Gasteiger partial charge is 0.321 e. The average molecular weight is 297 g/mol. The van der Waals surface area contributed by atoms with Crippen LogP contribution in [0.4, 0.5) is 0 Å². The molecule has 0 aromatic heterocycles. The zero-order valence-electron chi connectivity index (χ0n) is 7.61. The molecule has 96 valence electrons. The molecular weight excluding hydrogens is 287 g/mol. The molecule has 0 unspecified atom stereocenters. The first-order valence-electron chi connectivity index (χ1n) is 3.39. The van der Waals surface area contributed by atoms with Gasteiger partial charge in [0.2, 0.25) is 0 Å². The topological polar surface area (TPSA) is 176 Å². The third-order valence-electron chi connectivity index (χ3n) is 1.34. The van der Waals surface area contributed by atoms with Crippen molar-refractivity contribution in [3.05, 3.63) is 11.9 Å². The van der Waals surface area contributed by atoms with Crippen LogP contribution in [-0.4, -0.2) is 40.3 Å². The minimum atomic E-state index is -5.35. The van der Waals surface area contributed by atoms with E-state index in [-0.39, 0.29) is 0 Å². The van der Waals surface area contributed by atoms with E-state index in [1.54, 1.807) is 0 Å². The molecule has 0 spiro atoms. The largest absolute Gasteiger partial charge is 0.412 e. The number of rotatable bonds is 5. The van der Waals surface area contributed by atoms with Crippen molar-refractivity contribution >= 4 is 23.1 Å². The lowest BCUT2D eigenvalue weighted by Crippen LogP contribution is -2.19. The van der Waals surface area contributed by atoms with Gasteiger partial charge in [-0.3, -0.25) is 4.57 Å². The molecule has 0 heterocycles. The maximum atomic E-state index is 10.7. The van der Waals surface area contributed by atoms with E-state index in [0.717, 1.165) is 0 Å². The Balaban J connectivity index is 5.17. The van der Waals surface area contributed by atoms with Crippen molar-refractivity contribution in [2.45, 2.75) is 0 Å². The van der Waals surface area contributed by atoms with Crippen LogP contribution in [0.1, 0.15) is 0 Å². The van der Waals surface area contributed by atoms with Gasteiger partial charge < -0.3 is 29.4 Å². The Kier molecular flexibility index (Phi) is 4.84. The van der Waals surface area contributed by atoms with E-state index in [1.807, 2.05) is 0 Å². The Morgan fingerprint density at radius 2 is 1.25 bits per heavy atom. The summed E-state index contributed by atoms with van der Waals surface area (Å²) >= 11 is 0. The molecule has 10 nitrogen and oxygen atoms in total. The molecule has 0 saturated carbocycles. The van der Waals surface area contributed by atoms with Crippen molar-refractivity contribution in [1.82, 2.24) is 4.44 Å². The van der Waals surface area contributed by atoms with Crippen molar-refractivity contribution in [2.24, 2.45) is 0 Å². The summed E-state index contributed by atoms with van der Waals surface area (Å²) in [6, 6.07) is 0.